The SMILES string of the molecule is CCNC(c1c(Br)nnn1C)C(OC)C(C)(C)C. The molecule has 0 aliphatic carbocycles. The van der Waals surface area contributed by atoms with Crippen LogP contribution < -0.4 is 5.32 Å². The van der Waals surface area contributed by atoms with Crippen LogP contribution in [0.3, 0.4) is 0 Å². The van der Waals surface area contributed by atoms with Crippen LogP contribution in [0.15, 0.2) is 4.60 Å². The first-order valence-electron chi connectivity index (χ1n) is 6.14. The molecule has 0 aliphatic rings. The molecule has 0 fully saturated rings. The molecule has 0 saturated carbocycles. The van der Waals surface area contributed by atoms with Crippen molar-refractivity contribution in [3.05, 3.63) is 10.3 Å². The van der Waals surface area contributed by atoms with E-state index in [1.54, 1.807) is 11.8 Å². The number of likely N-dealkylation sites (N-methyl/N-ethyl adjacent to an activating group) is 1. The normalized spacial score (nSPS) is 15.7. The molecule has 5 nitrogen and oxygen atoms in total. The summed E-state index contributed by atoms with van der Waals surface area (Å²) in [7, 11) is 3.64. The Morgan fingerprint density at radius 1 is 1.44 bits per heavy atom. The van der Waals surface area contributed by atoms with Gasteiger partial charge in [0.15, 0.2) is 4.60 Å². The number of methoxy groups -OCH3 is 1. The van der Waals surface area contributed by atoms with Gasteiger partial charge in [0.05, 0.1) is 17.8 Å². The number of aryl methyl sites for hydroxylation is 1. The Labute approximate surface area is 117 Å². The van der Waals surface area contributed by atoms with Gasteiger partial charge in [-0.1, -0.05) is 32.9 Å². The van der Waals surface area contributed by atoms with Gasteiger partial charge in [-0.2, -0.15) is 0 Å². The largest absolute Gasteiger partial charge is 0.379 e. The van der Waals surface area contributed by atoms with E-state index in [9.17, 15) is 0 Å². The lowest BCUT2D eigenvalue weighted by molar-refractivity contribution is -0.0136. The molecule has 0 radical (unpaired) electrons. The Kier molecular flexibility index (Phi) is 5.31. The van der Waals surface area contributed by atoms with Crippen molar-refractivity contribution >= 4 is 15.9 Å². The molecule has 104 valence electrons. The first-order chi connectivity index (χ1) is 8.32. The van der Waals surface area contributed by atoms with Crippen LogP contribution in [0.4, 0.5) is 0 Å². The Morgan fingerprint density at radius 3 is 2.39 bits per heavy atom. The number of rotatable bonds is 5. The van der Waals surface area contributed by atoms with Gasteiger partial charge in [0.25, 0.3) is 0 Å². The van der Waals surface area contributed by atoms with Gasteiger partial charge in [-0.05, 0) is 27.9 Å². The minimum Gasteiger partial charge on any atom is -0.379 e. The smallest absolute Gasteiger partial charge is 0.153 e. The standard InChI is InChI=1S/C12H23BrN4O/c1-7-14-8(10(18-6)12(2,3)4)9-11(13)15-16-17(9)5/h8,10,14H,7H2,1-6H3. The molecule has 0 saturated heterocycles. The fraction of sp³-hybridized carbons (Fsp3) is 0.833. The van der Waals surface area contributed by atoms with Crippen LogP contribution in [0.5, 0.6) is 0 Å². The van der Waals surface area contributed by atoms with Crippen molar-refractivity contribution in [3.63, 3.8) is 0 Å². The van der Waals surface area contributed by atoms with Gasteiger partial charge in [-0.15, -0.1) is 5.10 Å². The third-order valence-corrected chi connectivity index (χ3v) is 3.52. The van der Waals surface area contributed by atoms with Crippen molar-refractivity contribution in [2.24, 2.45) is 12.5 Å². The van der Waals surface area contributed by atoms with Crippen LogP contribution in [0, 0.1) is 5.41 Å². The summed E-state index contributed by atoms with van der Waals surface area (Å²) in [5.41, 5.74) is 1.03. The van der Waals surface area contributed by atoms with E-state index in [0.29, 0.717) is 0 Å². The summed E-state index contributed by atoms with van der Waals surface area (Å²) in [5, 5.41) is 11.6. The van der Waals surface area contributed by atoms with Gasteiger partial charge >= 0.3 is 0 Å². The van der Waals surface area contributed by atoms with Crippen LogP contribution in [-0.2, 0) is 11.8 Å². The van der Waals surface area contributed by atoms with E-state index in [2.05, 4.69) is 59.3 Å². The molecule has 1 N–H and O–H groups in total. The Morgan fingerprint density at radius 2 is 2.06 bits per heavy atom. The van der Waals surface area contributed by atoms with Crippen molar-refractivity contribution in [2.45, 2.75) is 39.8 Å². The minimum absolute atomic E-state index is 0.0191. The second-order valence-electron chi connectivity index (χ2n) is 5.45. The molecule has 1 rings (SSSR count). The topological polar surface area (TPSA) is 52.0 Å². The summed E-state index contributed by atoms with van der Waals surface area (Å²) in [5.74, 6) is 0. The predicted octanol–water partition coefficient (Wildman–Crippen LogP) is 2.29. The highest BCUT2D eigenvalue weighted by Crippen LogP contribution is 2.34. The lowest BCUT2D eigenvalue weighted by Gasteiger charge is -2.36. The second-order valence-corrected chi connectivity index (χ2v) is 6.20. The van der Waals surface area contributed by atoms with E-state index < -0.39 is 0 Å². The van der Waals surface area contributed by atoms with Crippen LogP contribution in [0.2, 0.25) is 0 Å². The Hall–Kier alpha value is -0.460. The van der Waals surface area contributed by atoms with Gasteiger partial charge in [0.2, 0.25) is 0 Å². The number of aromatic nitrogens is 3. The summed E-state index contributed by atoms with van der Waals surface area (Å²) in [4.78, 5) is 0. The molecule has 1 heterocycles. The van der Waals surface area contributed by atoms with Crippen LogP contribution >= 0.6 is 15.9 Å². The lowest BCUT2D eigenvalue weighted by atomic mass is 9.83. The van der Waals surface area contributed by atoms with Crippen molar-refractivity contribution in [1.29, 1.82) is 0 Å². The van der Waals surface area contributed by atoms with E-state index >= 15 is 0 Å². The molecule has 18 heavy (non-hydrogen) atoms. The van der Waals surface area contributed by atoms with Gasteiger partial charge in [0, 0.05) is 14.2 Å². The highest BCUT2D eigenvalue weighted by molar-refractivity contribution is 9.10. The highest BCUT2D eigenvalue weighted by atomic mass is 79.9. The number of ether oxygens (including phenoxy) is 1. The van der Waals surface area contributed by atoms with Gasteiger partial charge < -0.3 is 10.1 Å². The number of nitrogens with one attached hydrogen (secondary N) is 1. The van der Waals surface area contributed by atoms with Gasteiger partial charge in [-0.3, -0.25) is 0 Å². The number of nitrogens with zero attached hydrogens (tertiary/aromatic N) is 3. The third-order valence-electron chi connectivity index (χ3n) is 2.96. The van der Waals surface area contributed by atoms with Crippen LogP contribution in [0.1, 0.15) is 39.4 Å². The molecule has 0 spiro atoms. The van der Waals surface area contributed by atoms with Crippen molar-refractivity contribution in [1.82, 2.24) is 20.3 Å². The molecule has 0 aliphatic heterocycles. The maximum absolute atomic E-state index is 5.71. The molecule has 1 aromatic rings. The summed E-state index contributed by atoms with van der Waals surface area (Å²) in [6, 6.07) is 0.0503. The minimum atomic E-state index is 0.0191. The fourth-order valence-electron chi connectivity index (χ4n) is 2.23. The molecular formula is C12H23BrN4O. The monoisotopic (exact) mass is 318 g/mol. The predicted molar refractivity (Wildman–Crippen MR) is 75.4 cm³/mol. The van der Waals surface area contributed by atoms with Crippen LogP contribution in [-0.4, -0.2) is 34.8 Å². The van der Waals surface area contributed by atoms with E-state index in [1.165, 1.54) is 0 Å². The summed E-state index contributed by atoms with van der Waals surface area (Å²) in [6.07, 6.45) is 0.0333. The molecule has 0 aromatic carbocycles. The van der Waals surface area contributed by atoms with Crippen molar-refractivity contribution < 1.29 is 4.74 Å². The molecule has 2 unspecified atom stereocenters. The number of hydrogen-bond donors (Lipinski definition) is 1. The summed E-state index contributed by atoms with van der Waals surface area (Å²) in [6.45, 7) is 9.45. The maximum atomic E-state index is 5.71. The molecule has 2 atom stereocenters. The van der Waals surface area contributed by atoms with E-state index in [-0.39, 0.29) is 17.6 Å². The third kappa shape index (κ3) is 3.30. The Bertz CT molecular complexity index is 366. The zero-order valence-corrected chi connectivity index (χ0v) is 13.6. The van der Waals surface area contributed by atoms with E-state index in [0.717, 1.165) is 16.8 Å². The quantitative estimate of drug-likeness (QED) is 0.905. The number of hydrogen-bond acceptors (Lipinski definition) is 4. The first kappa shape index (κ1) is 15.6. The molecular weight excluding hydrogens is 296 g/mol. The highest BCUT2D eigenvalue weighted by Gasteiger charge is 2.36. The van der Waals surface area contributed by atoms with E-state index in [4.69, 9.17) is 4.74 Å². The zero-order valence-electron chi connectivity index (χ0n) is 12.0. The van der Waals surface area contributed by atoms with Gasteiger partial charge in [-0.25, -0.2) is 4.68 Å². The molecule has 6 heteroatoms. The van der Waals surface area contributed by atoms with Crippen molar-refractivity contribution in [2.75, 3.05) is 13.7 Å². The van der Waals surface area contributed by atoms with Gasteiger partial charge in [0.1, 0.15) is 0 Å². The average Bonchev–Trinajstić information content (AvgIpc) is 2.56. The summed E-state index contributed by atoms with van der Waals surface area (Å²) >= 11 is 3.46. The van der Waals surface area contributed by atoms with E-state index in [1.807, 2.05) is 7.05 Å². The Balaban J connectivity index is 3.17. The van der Waals surface area contributed by atoms with Crippen LogP contribution in [0.25, 0.3) is 0 Å². The maximum Gasteiger partial charge on any atom is 0.153 e. The molecule has 0 bridgehead atoms. The molecule has 0 amide bonds. The lowest BCUT2D eigenvalue weighted by Crippen LogP contribution is -2.42. The second kappa shape index (κ2) is 6.12. The number of halogens is 1. The molecule has 1 aromatic heterocycles. The first-order valence-corrected chi connectivity index (χ1v) is 6.93. The average molecular weight is 319 g/mol. The summed E-state index contributed by atoms with van der Waals surface area (Å²) < 4.78 is 8.26. The zero-order chi connectivity index (χ0) is 13.9. The fourth-order valence-corrected chi connectivity index (χ4v) is 2.80. The van der Waals surface area contributed by atoms with Crippen molar-refractivity contribution in [3.8, 4) is 0 Å².